The third-order valence-corrected chi connectivity index (χ3v) is 2.52. The van der Waals surface area contributed by atoms with Gasteiger partial charge in [0.15, 0.2) is 0 Å². The summed E-state index contributed by atoms with van der Waals surface area (Å²) in [5, 5.41) is 6.63. The molecule has 3 heterocycles. The molecule has 1 amide bonds. The SMILES string of the molecule is Cc1c(C(=O)Nc2ncc[nH]2)cnc2ncnn12. The molecule has 3 aromatic heterocycles. The topological polar surface area (TPSA) is 101 Å². The number of aromatic nitrogens is 6. The molecule has 8 heteroatoms. The van der Waals surface area contributed by atoms with Gasteiger partial charge in [-0.15, -0.1) is 0 Å². The molecule has 0 saturated carbocycles. The fourth-order valence-corrected chi connectivity index (χ4v) is 1.62. The van der Waals surface area contributed by atoms with Crippen molar-refractivity contribution in [3.05, 3.63) is 36.2 Å². The molecule has 90 valence electrons. The van der Waals surface area contributed by atoms with E-state index in [9.17, 15) is 4.79 Å². The molecule has 0 fully saturated rings. The van der Waals surface area contributed by atoms with E-state index in [1.165, 1.54) is 17.0 Å². The van der Waals surface area contributed by atoms with Gasteiger partial charge in [0.1, 0.15) is 6.33 Å². The van der Waals surface area contributed by atoms with Crippen LogP contribution in [0.15, 0.2) is 24.9 Å². The van der Waals surface area contributed by atoms with Crippen LogP contribution in [0.3, 0.4) is 0 Å². The van der Waals surface area contributed by atoms with Gasteiger partial charge >= 0.3 is 0 Å². The second kappa shape index (κ2) is 3.91. The van der Waals surface area contributed by atoms with Crippen molar-refractivity contribution >= 4 is 17.6 Å². The number of H-pyrrole nitrogens is 1. The molecule has 3 rings (SSSR count). The van der Waals surface area contributed by atoms with E-state index in [-0.39, 0.29) is 5.91 Å². The number of amides is 1. The lowest BCUT2D eigenvalue weighted by Crippen LogP contribution is -2.16. The number of carbonyl (C=O) groups is 1. The van der Waals surface area contributed by atoms with Crippen molar-refractivity contribution in [3.8, 4) is 0 Å². The van der Waals surface area contributed by atoms with Gasteiger partial charge < -0.3 is 4.98 Å². The van der Waals surface area contributed by atoms with Crippen LogP contribution in [0, 0.1) is 6.92 Å². The molecule has 0 aliphatic carbocycles. The van der Waals surface area contributed by atoms with Crippen LogP contribution >= 0.6 is 0 Å². The van der Waals surface area contributed by atoms with E-state index in [1.54, 1.807) is 19.3 Å². The zero-order valence-corrected chi connectivity index (χ0v) is 9.45. The summed E-state index contributed by atoms with van der Waals surface area (Å²) in [6, 6.07) is 0. The Morgan fingerprint density at radius 2 is 2.28 bits per heavy atom. The molecular formula is C10H9N7O. The quantitative estimate of drug-likeness (QED) is 0.678. The fraction of sp³-hybridized carbons (Fsp3) is 0.100. The zero-order valence-electron chi connectivity index (χ0n) is 9.45. The van der Waals surface area contributed by atoms with Gasteiger partial charge in [-0.1, -0.05) is 0 Å². The van der Waals surface area contributed by atoms with Gasteiger partial charge in [0, 0.05) is 18.6 Å². The lowest BCUT2D eigenvalue weighted by molar-refractivity contribution is 0.102. The highest BCUT2D eigenvalue weighted by molar-refractivity contribution is 6.03. The van der Waals surface area contributed by atoms with E-state index in [0.717, 1.165) is 0 Å². The number of hydrogen-bond donors (Lipinski definition) is 2. The van der Waals surface area contributed by atoms with E-state index in [0.29, 0.717) is 23.0 Å². The molecule has 0 aliphatic rings. The maximum atomic E-state index is 12.0. The van der Waals surface area contributed by atoms with Crippen molar-refractivity contribution in [2.45, 2.75) is 6.92 Å². The lowest BCUT2D eigenvalue weighted by atomic mass is 10.2. The second-order valence-electron chi connectivity index (χ2n) is 3.62. The van der Waals surface area contributed by atoms with Gasteiger partial charge in [-0.05, 0) is 6.92 Å². The highest BCUT2D eigenvalue weighted by Crippen LogP contribution is 2.09. The van der Waals surface area contributed by atoms with E-state index >= 15 is 0 Å². The van der Waals surface area contributed by atoms with Gasteiger partial charge in [-0.3, -0.25) is 10.1 Å². The van der Waals surface area contributed by atoms with Crippen molar-refractivity contribution in [3.63, 3.8) is 0 Å². The Kier molecular flexibility index (Phi) is 2.26. The maximum absolute atomic E-state index is 12.0. The van der Waals surface area contributed by atoms with Gasteiger partial charge in [0.2, 0.25) is 5.95 Å². The average Bonchev–Trinajstić information content (AvgIpc) is 2.99. The third-order valence-electron chi connectivity index (χ3n) is 2.52. The number of carbonyl (C=O) groups excluding carboxylic acids is 1. The van der Waals surface area contributed by atoms with Gasteiger partial charge in [0.05, 0.1) is 11.3 Å². The molecule has 0 aromatic carbocycles. The van der Waals surface area contributed by atoms with Crippen molar-refractivity contribution in [1.29, 1.82) is 0 Å². The summed E-state index contributed by atoms with van der Waals surface area (Å²) < 4.78 is 1.51. The predicted octanol–water partition coefficient (Wildman–Crippen LogP) is 0.408. The molecule has 0 unspecified atom stereocenters. The standard InChI is InChI=1S/C10H9N7O/c1-6-7(4-13-10-14-5-15-17(6)10)8(18)16-9-11-2-3-12-9/h2-5H,1H3,(H2,11,12,16,18). The zero-order chi connectivity index (χ0) is 12.5. The normalized spacial score (nSPS) is 10.7. The average molecular weight is 243 g/mol. The minimum atomic E-state index is -0.299. The summed E-state index contributed by atoms with van der Waals surface area (Å²) in [6.07, 6.45) is 6.05. The first kappa shape index (κ1) is 10.4. The number of anilines is 1. The molecule has 0 bridgehead atoms. The summed E-state index contributed by atoms with van der Waals surface area (Å²) in [7, 11) is 0. The van der Waals surface area contributed by atoms with Crippen LogP contribution in [-0.2, 0) is 0 Å². The van der Waals surface area contributed by atoms with Gasteiger partial charge in [0.25, 0.3) is 11.7 Å². The number of imidazole rings is 1. The summed E-state index contributed by atoms with van der Waals surface area (Å²) in [5.41, 5.74) is 1.09. The molecule has 0 aliphatic heterocycles. The first-order chi connectivity index (χ1) is 8.75. The van der Waals surface area contributed by atoms with Crippen LogP contribution < -0.4 is 5.32 Å². The summed E-state index contributed by atoms with van der Waals surface area (Å²) in [5.74, 6) is 0.549. The fourth-order valence-electron chi connectivity index (χ4n) is 1.62. The van der Waals surface area contributed by atoms with E-state index < -0.39 is 0 Å². The largest absolute Gasteiger partial charge is 0.331 e. The maximum Gasteiger partial charge on any atom is 0.261 e. The number of aromatic amines is 1. The monoisotopic (exact) mass is 243 g/mol. The van der Waals surface area contributed by atoms with E-state index in [4.69, 9.17) is 0 Å². The second-order valence-corrected chi connectivity index (χ2v) is 3.62. The number of fused-ring (bicyclic) bond motifs is 1. The number of aryl methyl sites for hydroxylation is 1. The van der Waals surface area contributed by atoms with Crippen LogP contribution in [0.4, 0.5) is 5.95 Å². The van der Waals surface area contributed by atoms with Crippen molar-refractivity contribution in [2.75, 3.05) is 5.32 Å². The van der Waals surface area contributed by atoms with E-state index in [1.807, 2.05) is 0 Å². The summed E-state index contributed by atoms with van der Waals surface area (Å²) >= 11 is 0. The Bertz CT molecular complexity index is 700. The highest BCUT2D eigenvalue weighted by Gasteiger charge is 2.14. The number of rotatable bonds is 2. The minimum absolute atomic E-state index is 0.299. The Morgan fingerprint density at radius 3 is 3.06 bits per heavy atom. The minimum Gasteiger partial charge on any atom is -0.331 e. The summed E-state index contributed by atoms with van der Waals surface area (Å²) in [4.78, 5) is 26.7. The highest BCUT2D eigenvalue weighted by atomic mass is 16.1. The van der Waals surface area contributed by atoms with Crippen molar-refractivity contribution in [2.24, 2.45) is 0 Å². The van der Waals surface area contributed by atoms with Gasteiger partial charge in [-0.2, -0.15) is 10.1 Å². The number of nitrogens with one attached hydrogen (secondary N) is 2. The molecular weight excluding hydrogens is 234 g/mol. The van der Waals surface area contributed by atoms with Crippen LogP contribution in [0.25, 0.3) is 5.78 Å². The van der Waals surface area contributed by atoms with E-state index in [2.05, 4.69) is 30.4 Å². The van der Waals surface area contributed by atoms with Crippen LogP contribution in [0.5, 0.6) is 0 Å². The summed E-state index contributed by atoms with van der Waals surface area (Å²) in [6.45, 7) is 1.78. The smallest absolute Gasteiger partial charge is 0.261 e. The third kappa shape index (κ3) is 1.59. The Morgan fingerprint density at radius 1 is 1.39 bits per heavy atom. The number of hydrogen-bond acceptors (Lipinski definition) is 5. The molecule has 8 nitrogen and oxygen atoms in total. The first-order valence-corrected chi connectivity index (χ1v) is 5.22. The van der Waals surface area contributed by atoms with Crippen LogP contribution in [-0.4, -0.2) is 35.5 Å². The Hall–Kier alpha value is -2.77. The lowest BCUT2D eigenvalue weighted by Gasteiger charge is -2.05. The molecule has 0 saturated heterocycles. The molecule has 0 spiro atoms. The Labute approximate surface area is 101 Å². The van der Waals surface area contributed by atoms with Crippen molar-refractivity contribution in [1.82, 2.24) is 29.5 Å². The molecule has 0 radical (unpaired) electrons. The van der Waals surface area contributed by atoms with Crippen molar-refractivity contribution < 1.29 is 4.79 Å². The molecule has 0 atom stereocenters. The molecule has 2 N–H and O–H groups in total. The Balaban J connectivity index is 1.98. The molecule has 18 heavy (non-hydrogen) atoms. The van der Waals surface area contributed by atoms with Gasteiger partial charge in [-0.25, -0.2) is 14.5 Å². The first-order valence-electron chi connectivity index (χ1n) is 5.22. The molecule has 3 aromatic rings. The predicted molar refractivity (Wildman–Crippen MR) is 62.1 cm³/mol. The van der Waals surface area contributed by atoms with Crippen LogP contribution in [0.2, 0.25) is 0 Å². The number of nitrogens with zero attached hydrogens (tertiary/aromatic N) is 5. The van der Waals surface area contributed by atoms with Crippen LogP contribution in [0.1, 0.15) is 16.1 Å².